The SMILES string of the molecule is CCS(=O)(=O)NCCN. The molecular formula is C4H12N2O2S. The van der Waals surface area contributed by atoms with Gasteiger partial charge in [0.2, 0.25) is 10.0 Å². The molecule has 0 heterocycles. The molecule has 0 aliphatic rings. The van der Waals surface area contributed by atoms with E-state index in [2.05, 4.69) is 4.72 Å². The Kier molecular flexibility index (Phi) is 3.76. The summed E-state index contributed by atoms with van der Waals surface area (Å²) in [6.07, 6.45) is 0. The molecule has 0 unspecified atom stereocenters. The molecule has 4 nitrogen and oxygen atoms in total. The molecule has 0 fully saturated rings. The van der Waals surface area contributed by atoms with Gasteiger partial charge in [-0.05, 0) is 6.92 Å². The van der Waals surface area contributed by atoms with Crippen molar-refractivity contribution in [2.24, 2.45) is 5.73 Å². The summed E-state index contributed by atoms with van der Waals surface area (Å²) in [6.45, 7) is 2.26. The summed E-state index contributed by atoms with van der Waals surface area (Å²) >= 11 is 0. The van der Waals surface area contributed by atoms with Crippen molar-refractivity contribution in [3.05, 3.63) is 0 Å². The lowest BCUT2D eigenvalue weighted by molar-refractivity contribution is 0.583. The van der Waals surface area contributed by atoms with Gasteiger partial charge in [0, 0.05) is 13.1 Å². The van der Waals surface area contributed by atoms with E-state index in [1.165, 1.54) is 0 Å². The smallest absolute Gasteiger partial charge is 0.211 e. The van der Waals surface area contributed by atoms with Crippen molar-refractivity contribution < 1.29 is 8.42 Å². The highest BCUT2D eigenvalue weighted by molar-refractivity contribution is 7.89. The number of sulfonamides is 1. The normalized spacial score (nSPS) is 11.8. The standard InChI is InChI=1S/C4H12N2O2S/c1-2-9(7,8)6-4-3-5/h6H,2-5H2,1H3. The van der Waals surface area contributed by atoms with Crippen LogP contribution in [0.15, 0.2) is 0 Å². The molecule has 0 aliphatic heterocycles. The minimum atomic E-state index is -3.01. The first-order valence-corrected chi connectivity index (χ1v) is 4.45. The molecule has 56 valence electrons. The van der Waals surface area contributed by atoms with Gasteiger partial charge in [-0.2, -0.15) is 0 Å². The van der Waals surface area contributed by atoms with Crippen molar-refractivity contribution >= 4 is 10.0 Å². The number of nitrogens with one attached hydrogen (secondary N) is 1. The average Bonchev–Trinajstić information content (AvgIpc) is 1.84. The highest BCUT2D eigenvalue weighted by atomic mass is 32.2. The highest BCUT2D eigenvalue weighted by Crippen LogP contribution is 1.78. The Morgan fingerprint density at radius 3 is 2.44 bits per heavy atom. The van der Waals surface area contributed by atoms with E-state index in [1.807, 2.05) is 0 Å². The predicted octanol–water partition coefficient (Wildman–Crippen LogP) is -1.12. The Hall–Kier alpha value is -0.130. The van der Waals surface area contributed by atoms with Gasteiger partial charge in [0.1, 0.15) is 0 Å². The van der Waals surface area contributed by atoms with Gasteiger partial charge < -0.3 is 5.73 Å². The minimum Gasteiger partial charge on any atom is -0.329 e. The molecule has 0 amide bonds. The maximum absolute atomic E-state index is 10.6. The first kappa shape index (κ1) is 8.87. The van der Waals surface area contributed by atoms with E-state index in [1.54, 1.807) is 6.92 Å². The Balaban J connectivity index is 3.61. The van der Waals surface area contributed by atoms with Crippen molar-refractivity contribution in [1.29, 1.82) is 0 Å². The molecule has 0 aromatic carbocycles. The highest BCUT2D eigenvalue weighted by Gasteiger charge is 2.02. The zero-order valence-electron chi connectivity index (χ0n) is 5.42. The van der Waals surface area contributed by atoms with Crippen LogP contribution in [0.5, 0.6) is 0 Å². The third kappa shape index (κ3) is 4.38. The monoisotopic (exact) mass is 152 g/mol. The molecule has 0 rings (SSSR count). The van der Waals surface area contributed by atoms with Crippen LogP contribution in [0.3, 0.4) is 0 Å². The van der Waals surface area contributed by atoms with Crippen LogP contribution in [0.2, 0.25) is 0 Å². The summed E-state index contributed by atoms with van der Waals surface area (Å²) in [7, 11) is -3.01. The van der Waals surface area contributed by atoms with Crippen LogP contribution in [0.25, 0.3) is 0 Å². The van der Waals surface area contributed by atoms with Crippen LogP contribution in [0.4, 0.5) is 0 Å². The molecule has 9 heavy (non-hydrogen) atoms. The lowest BCUT2D eigenvalue weighted by Crippen LogP contribution is -2.30. The second kappa shape index (κ2) is 3.81. The topological polar surface area (TPSA) is 72.2 Å². The number of rotatable bonds is 4. The van der Waals surface area contributed by atoms with Crippen LogP contribution in [0, 0.1) is 0 Å². The quantitative estimate of drug-likeness (QED) is 0.536. The molecule has 0 atom stereocenters. The zero-order chi connectivity index (χ0) is 7.33. The van der Waals surface area contributed by atoms with E-state index in [9.17, 15) is 8.42 Å². The molecule has 0 aliphatic carbocycles. The van der Waals surface area contributed by atoms with E-state index in [0.29, 0.717) is 13.1 Å². The lowest BCUT2D eigenvalue weighted by atomic mass is 10.7. The van der Waals surface area contributed by atoms with E-state index >= 15 is 0 Å². The van der Waals surface area contributed by atoms with Crippen molar-refractivity contribution in [2.75, 3.05) is 18.8 Å². The molecule has 0 saturated heterocycles. The summed E-state index contributed by atoms with van der Waals surface area (Å²) in [4.78, 5) is 0. The fourth-order valence-corrected chi connectivity index (χ4v) is 0.949. The molecule has 3 N–H and O–H groups in total. The van der Waals surface area contributed by atoms with Gasteiger partial charge in [-0.3, -0.25) is 0 Å². The van der Waals surface area contributed by atoms with E-state index in [0.717, 1.165) is 0 Å². The summed E-state index contributed by atoms with van der Waals surface area (Å²) in [5, 5.41) is 0. The van der Waals surface area contributed by atoms with Crippen LogP contribution in [-0.4, -0.2) is 27.3 Å². The molecule has 0 spiro atoms. The number of hydrogen-bond acceptors (Lipinski definition) is 3. The molecule has 0 aromatic heterocycles. The summed E-state index contributed by atoms with van der Waals surface area (Å²) < 4.78 is 23.5. The Bertz CT molecular complexity index is 152. The average molecular weight is 152 g/mol. The second-order valence-electron chi connectivity index (χ2n) is 1.59. The van der Waals surface area contributed by atoms with Gasteiger partial charge in [-0.1, -0.05) is 0 Å². The van der Waals surface area contributed by atoms with Gasteiger partial charge in [0.15, 0.2) is 0 Å². The molecular weight excluding hydrogens is 140 g/mol. The van der Waals surface area contributed by atoms with Gasteiger partial charge >= 0.3 is 0 Å². The predicted molar refractivity (Wildman–Crippen MR) is 36.5 cm³/mol. The Morgan fingerprint density at radius 2 is 2.11 bits per heavy atom. The first-order valence-electron chi connectivity index (χ1n) is 2.80. The van der Waals surface area contributed by atoms with Gasteiger partial charge in [0.05, 0.1) is 5.75 Å². The van der Waals surface area contributed by atoms with E-state index in [4.69, 9.17) is 5.73 Å². The Morgan fingerprint density at radius 1 is 1.56 bits per heavy atom. The van der Waals surface area contributed by atoms with Crippen LogP contribution < -0.4 is 10.5 Å². The first-order chi connectivity index (χ1) is 4.12. The molecule has 0 aromatic rings. The summed E-state index contributed by atoms with van der Waals surface area (Å²) in [5.41, 5.74) is 5.06. The molecule has 5 heteroatoms. The summed E-state index contributed by atoms with van der Waals surface area (Å²) in [5.74, 6) is 0.118. The zero-order valence-corrected chi connectivity index (χ0v) is 6.24. The maximum Gasteiger partial charge on any atom is 0.211 e. The third-order valence-electron chi connectivity index (χ3n) is 0.846. The van der Waals surface area contributed by atoms with E-state index < -0.39 is 10.0 Å². The minimum absolute atomic E-state index is 0.118. The van der Waals surface area contributed by atoms with Crippen LogP contribution in [0.1, 0.15) is 6.92 Å². The molecule has 0 radical (unpaired) electrons. The second-order valence-corrected chi connectivity index (χ2v) is 3.68. The lowest BCUT2D eigenvalue weighted by Gasteiger charge is -1.99. The fourth-order valence-electron chi connectivity index (χ4n) is 0.316. The van der Waals surface area contributed by atoms with Gasteiger partial charge in [0.25, 0.3) is 0 Å². The van der Waals surface area contributed by atoms with Crippen molar-refractivity contribution in [3.8, 4) is 0 Å². The number of hydrogen-bond donors (Lipinski definition) is 2. The summed E-state index contributed by atoms with van der Waals surface area (Å²) in [6, 6.07) is 0. The number of nitrogens with two attached hydrogens (primary N) is 1. The molecule has 0 bridgehead atoms. The fraction of sp³-hybridized carbons (Fsp3) is 1.00. The largest absolute Gasteiger partial charge is 0.329 e. The van der Waals surface area contributed by atoms with Gasteiger partial charge in [-0.25, -0.2) is 13.1 Å². The van der Waals surface area contributed by atoms with Crippen LogP contribution >= 0.6 is 0 Å². The Labute approximate surface area is 55.5 Å². The van der Waals surface area contributed by atoms with E-state index in [-0.39, 0.29) is 5.75 Å². The van der Waals surface area contributed by atoms with Crippen molar-refractivity contribution in [1.82, 2.24) is 4.72 Å². The van der Waals surface area contributed by atoms with Crippen molar-refractivity contribution in [3.63, 3.8) is 0 Å². The van der Waals surface area contributed by atoms with Crippen LogP contribution in [-0.2, 0) is 10.0 Å². The maximum atomic E-state index is 10.6. The van der Waals surface area contributed by atoms with Gasteiger partial charge in [-0.15, -0.1) is 0 Å². The van der Waals surface area contributed by atoms with Crippen molar-refractivity contribution in [2.45, 2.75) is 6.92 Å². The molecule has 0 saturated carbocycles. The third-order valence-corrected chi connectivity index (χ3v) is 2.25.